The Morgan fingerprint density at radius 3 is 2.78 bits per heavy atom. The molecule has 9 heteroatoms. The minimum Gasteiger partial charge on any atom is -0.507 e. The topological polar surface area (TPSA) is 89.0 Å². The number of carbonyl (C=O) groups is 2. The number of carbonyl (C=O) groups excluding carboxylic acids is 2. The van der Waals surface area contributed by atoms with E-state index in [-0.39, 0.29) is 17.4 Å². The Bertz CT molecular complexity index is 1630. The lowest BCUT2D eigenvalue weighted by molar-refractivity contribution is -0.132. The van der Waals surface area contributed by atoms with Gasteiger partial charge in [0, 0.05) is 17.0 Å². The minimum atomic E-state index is -0.912. The number of ether oxygens (including phenoxy) is 2. The summed E-state index contributed by atoms with van der Waals surface area (Å²) in [6.45, 7) is 1.97. The summed E-state index contributed by atoms with van der Waals surface area (Å²) in [4.78, 5) is 32.9. The maximum Gasteiger partial charge on any atom is 0.301 e. The Labute approximate surface area is 221 Å². The van der Waals surface area contributed by atoms with E-state index in [2.05, 4.69) is 4.98 Å². The number of methoxy groups -OCH3 is 1. The number of aliphatic hydroxyl groups excluding tert-OH is 1. The van der Waals surface area contributed by atoms with Gasteiger partial charge in [0.25, 0.3) is 5.78 Å². The van der Waals surface area contributed by atoms with Gasteiger partial charge in [0.2, 0.25) is 0 Å². The Kier molecular flexibility index (Phi) is 5.66. The number of halogens is 1. The van der Waals surface area contributed by atoms with Crippen molar-refractivity contribution in [1.82, 2.24) is 4.98 Å². The molecule has 0 spiro atoms. The third-order valence-corrected chi connectivity index (χ3v) is 7.82. The average Bonchev–Trinajstić information content (AvgIpc) is 3.55. The Morgan fingerprint density at radius 1 is 1.16 bits per heavy atom. The van der Waals surface area contributed by atoms with Crippen molar-refractivity contribution in [3.63, 3.8) is 0 Å². The van der Waals surface area contributed by atoms with Crippen LogP contribution in [0.5, 0.6) is 11.5 Å². The van der Waals surface area contributed by atoms with Gasteiger partial charge in [-0.1, -0.05) is 35.1 Å². The number of nitrogens with zero attached hydrogens (tertiary/aromatic N) is 2. The molecule has 2 aliphatic heterocycles. The number of amides is 1. The molecule has 0 bridgehead atoms. The maximum absolute atomic E-state index is 13.5. The molecular weight excluding hydrogens is 512 g/mol. The number of anilines is 1. The van der Waals surface area contributed by atoms with E-state index >= 15 is 0 Å². The van der Waals surface area contributed by atoms with Crippen LogP contribution in [0.1, 0.15) is 29.7 Å². The van der Waals surface area contributed by atoms with Crippen LogP contribution in [0.15, 0.2) is 66.2 Å². The van der Waals surface area contributed by atoms with Crippen molar-refractivity contribution in [3.05, 3.63) is 87.9 Å². The van der Waals surface area contributed by atoms with E-state index in [1.165, 1.54) is 16.2 Å². The zero-order valence-electron chi connectivity index (χ0n) is 19.9. The number of ketones is 1. The molecule has 0 radical (unpaired) electrons. The number of fused-ring (bicyclic) bond motifs is 2. The first kappa shape index (κ1) is 23.5. The first-order valence-corrected chi connectivity index (χ1v) is 12.8. The van der Waals surface area contributed by atoms with Crippen LogP contribution >= 0.6 is 22.9 Å². The van der Waals surface area contributed by atoms with E-state index in [0.29, 0.717) is 39.0 Å². The second-order valence-corrected chi connectivity index (χ2v) is 10.5. The highest BCUT2D eigenvalue weighted by molar-refractivity contribution is 7.22. The summed E-state index contributed by atoms with van der Waals surface area (Å²) in [6.07, 6.45) is 0.722. The smallest absolute Gasteiger partial charge is 0.301 e. The first-order chi connectivity index (χ1) is 17.8. The highest BCUT2D eigenvalue weighted by atomic mass is 35.5. The van der Waals surface area contributed by atoms with E-state index in [9.17, 15) is 14.7 Å². The zero-order chi connectivity index (χ0) is 25.8. The minimum absolute atomic E-state index is 0.0176. The summed E-state index contributed by atoms with van der Waals surface area (Å²) < 4.78 is 11.9. The second kappa shape index (κ2) is 8.90. The maximum atomic E-state index is 13.5. The van der Waals surface area contributed by atoms with Gasteiger partial charge < -0.3 is 14.6 Å². The number of hydrogen-bond acceptors (Lipinski definition) is 7. The summed E-state index contributed by atoms with van der Waals surface area (Å²) in [5, 5.41) is 12.2. The van der Waals surface area contributed by atoms with E-state index in [4.69, 9.17) is 21.1 Å². The van der Waals surface area contributed by atoms with Crippen LogP contribution in [0.3, 0.4) is 0 Å². The van der Waals surface area contributed by atoms with Crippen LogP contribution in [-0.4, -0.2) is 35.0 Å². The van der Waals surface area contributed by atoms with Crippen molar-refractivity contribution >= 4 is 55.7 Å². The normalized spacial score (nSPS) is 20.4. The molecule has 1 saturated heterocycles. The molecule has 1 amide bonds. The first-order valence-electron chi connectivity index (χ1n) is 11.6. The fourth-order valence-electron chi connectivity index (χ4n) is 4.87. The standard InChI is InChI=1S/C28H21ClN2O5S/c1-14-10-17-11-16(6-9-21(17)36-14)25(32)23-24(15-4-3-5-18(29)12-15)31(27(34)26(23)33)28-30-20-8-7-19(35-2)13-22(20)37-28/h3-9,11-14,24,32H,10H2,1-2H3/b25-23+/t14-,24-/m0/s1. The summed E-state index contributed by atoms with van der Waals surface area (Å²) in [5.74, 6) is -0.400. The molecule has 1 aromatic heterocycles. The number of aromatic nitrogens is 1. The highest BCUT2D eigenvalue weighted by Gasteiger charge is 2.48. The SMILES string of the molecule is COc1ccc2nc(N3C(=O)C(=O)/C(=C(/O)c4ccc5c(c4)C[C@H](C)O5)[C@@H]3c3cccc(Cl)c3)sc2c1. The van der Waals surface area contributed by atoms with Gasteiger partial charge in [-0.25, -0.2) is 4.98 Å². The van der Waals surface area contributed by atoms with Crippen molar-refractivity contribution in [2.75, 3.05) is 12.0 Å². The van der Waals surface area contributed by atoms with Gasteiger partial charge in [0.15, 0.2) is 5.13 Å². The predicted octanol–water partition coefficient (Wildman–Crippen LogP) is 5.91. The number of benzene rings is 3. The molecule has 186 valence electrons. The van der Waals surface area contributed by atoms with E-state index in [1.54, 1.807) is 61.7 Å². The summed E-state index contributed by atoms with van der Waals surface area (Å²) in [6, 6.07) is 16.7. The number of hydrogen-bond donors (Lipinski definition) is 1. The van der Waals surface area contributed by atoms with Crippen LogP contribution in [0.2, 0.25) is 5.02 Å². The largest absolute Gasteiger partial charge is 0.507 e. The van der Waals surface area contributed by atoms with Crippen LogP contribution < -0.4 is 14.4 Å². The fourth-order valence-corrected chi connectivity index (χ4v) is 6.09. The zero-order valence-corrected chi connectivity index (χ0v) is 21.5. The quantitative estimate of drug-likeness (QED) is 0.200. The van der Waals surface area contributed by atoms with Gasteiger partial charge in [0.05, 0.1) is 28.9 Å². The molecule has 2 atom stereocenters. The predicted molar refractivity (Wildman–Crippen MR) is 143 cm³/mol. The van der Waals surface area contributed by atoms with Gasteiger partial charge in [0.1, 0.15) is 23.4 Å². The van der Waals surface area contributed by atoms with Gasteiger partial charge in [-0.2, -0.15) is 0 Å². The molecular formula is C28H21ClN2O5S. The van der Waals surface area contributed by atoms with Gasteiger partial charge in [-0.15, -0.1) is 0 Å². The van der Waals surface area contributed by atoms with Crippen molar-refractivity contribution < 1.29 is 24.2 Å². The molecule has 0 aliphatic carbocycles. The lowest BCUT2D eigenvalue weighted by Crippen LogP contribution is -2.29. The Balaban J connectivity index is 1.53. The second-order valence-electron chi connectivity index (χ2n) is 9.01. The van der Waals surface area contributed by atoms with Crippen LogP contribution in [0.25, 0.3) is 16.0 Å². The third kappa shape index (κ3) is 3.93. The third-order valence-electron chi connectivity index (χ3n) is 6.57. The van der Waals surface area contributed by atoms with Crippen LogP contribution in [0, 0.1) is 0 Å². The number of rotatable bonds is 4. The number of Topliss-reactive ketones (excluding diaryl/α,β-unsaturated/α-hetero) is 1. The lowest BCUT2D eigenvalue weighted by atomic mass is 9.94. The van der Waals surface area contributed by atoms with Gasteiger partial charge in [-0.3, -0.25) is 14.5 Å². The van der Waals surface area contributed by atoms with Crippen molar-refractivity contribution in [2.45, 2.75) is 25.5 Å². The summed E-state index contributed by atoms with van der Waals surface area (Å²) in [7, 11) is 1.58. The molecule has 1 fully saturated rings. The van der Waals surface area contributed by atoms with Crippen molar-refractivity contribution in [2.24, 2.45) is 0 Å². The van der Waals surface area contributed by atoms with E-state index in [1.807, 2.05) is 13.0 Å². The van der Waals surface area contributed by atoms with Gasteiger partial charge in [-0.05, 0) is 66.6 Å². The number of thiazole rings is 1. The lowest BCUT2D eigenvalue weighted by Gasteiger charge is -2.23. The average molecular weight is 533 g/mol. The monoisotopic (exact) mass is 532 g/mol. The number of aliphatic hydroxyl groups is 1. The molecule has 0 unspecified atom stereocenters. The fraction of sp³-hybridized carbons (Fsp3) is 0.179. The van der Waals surface area contributed by atoms with Crippen molar-refractivity contribution in [3.8, 4) is 11.5 Å². The van der Waals surface area contributed by atoms with Gasteiger partial charge >= 0.3 is 5.91 Å². The Morgan fingerprint density at radius 2 is 2.00 bits per heavy atom. The highest BCUT2D eigenvalue weighted by Crippen LogP contribution is 2.45. The molecule has 2 aliphatic rings. The molecule has 7 nitrogen and oxygen atoms in total. The molecule has 6 rings (SSSR count). The molecule has 1 N–H and O–H groups in total. The van der Waals surface area contributed by atoms with Crippen LogP contribution in [0.4, 0.5) is 5.13 Å². The van der Waals surface area contributed by atoms with Crippen molar-refractivity contribution in [1.29, 1.82) is 0 Å². The molecule has 37 heavy (non-hydrogen) atoms. The van der Waals surface area contributed by atoms with E-state index in [0.717, 1.165) is 16.0 Å². The summed E-state index contributed by atoms with van der Waals surface area (Å²) in [5.41, 5.74) is 2.61. The molecule has 3 aromatic carbocycles. The summed E-state index contributed by atoms with van der Waals surface area (Å²) >= 11 is 7.57. The Hall–Kier alpha value is -3.88. The molecule has 0 saturated carbocycles. The molecule has 3 heterocycles. The molecule has 4 aromatic rings. The van der Waals surface area contributed by atoms with E-state index < -0.39 is 17.7 Å². The van der Waals surface area contributed by atoms with Crippen LogP contribution in [-0.2, 0) is 16.0 Å².